The molecule has 2 amide bonds. The summed E-state index contributed by atoms with van der Waals surface area (Å²) in [6.07, 6.45) is 3.71. The molecule has 3 N–H and O–H groups in total. The van der Waals surface area contributed by atoms with E-state index in [2.05, 4.69) is 5.32 Å². The van der Waals surface area contributed by atoms with Gasteiger partial charge in [0.15, 0.2) is 0 Å². The van der Waals surface area contributed by atoms with E-state index < -0.39 is 6.04 Å². The maximum absolute atomic E-state index is 12.3. The van der Waals surface area contributed by atoms with Gasteiger partial charge in [-0.05, 0) is 38.2 Å². The number of likely N-dealkylation sites (tertiary alicyclic amines) is 1. The number of hydrogen-bond acceptors (Lipinski definition) is 3. The first kappa shape index (κ1) is 18.7. The lowest BCUT2D eigenvalue weighted by Crippen LogP contribution is -2.48. The maximum atomic E-state index is 12.3. The molecule has 24 heavy (non-hydrogen) atoms. The fraction of sp³-hybridized carbons (Fsp3) is 0.556. The van der Waals surface area contributed by atoms with Gasteiger partial charge in [-0.3, -0.25) is 9.59 Å². The molecule has 3 rings (SSSR count). The van der Waals surface area contributed by atoms with Crippen LogP contribution in [0.25, 0.3) is 0 Å². The minimum atomic E-state index is -0.637. The van der Waals surface area contributed by atoms with E-state index in [9.17, 15) is 9.59 Å². The van der Waals surface area contributed by atoms with Gasteiger partial charge in [-0.2, -0.15) is 0 Å². The molecule has 0 bridgehead atoms. The Balaban J connectivity index is 0.00000208. The molecule has 1 heterocycles. The molecule has 6 heteroatoms. The van der Waals surface area contributed by atoms with Crippen molar-refractivity contribution in [2.75, 3.05) is 13.1 Å². The van der Waals surface area contributed by atoms with Crippen LogP contribution in [0.5, 0.6) is 0 Å². The highest BCUT2D eigenvalue weighted by Crippen LogP contribution is 2.31. The van der Waals surface area contributed by atoms with Gasteiger partial charge in [0, 0.05) is 25.0 Å². The Morgan fingerprint density at radius 1 is 1.12 bits per heavy atom. The van der Waals surface area contributed by atoms with Crippen molar-refractivity contribution in [2.45, 2.75) is 44.7 Å². The predicted molar refractivity (Wildman–Crippen MR) is 95.8 cm³/mol. The number of halogens is 1. The number of rotatable bonds is 4. The number of aryl methyl sites for hydroxylation is 1. The third-order valence-corrected chi connectivity index (χ3v) is 4.80. The molecule has 1 atom stereocenters. The second kappa shape index (κ2) is 7.99. The number of nitrogens with zero attached hydrogens (tertiary/aromatic N) is 1. The van der Waals surface area contributed by atoms with Gasteiger partial charge in [0.1, 0.15) is 6.04 Å². The van der Waals surface area contributed by atoms with Crippen molar-refractivity contribution in [3.05, 3.63) is 35.4 Å². The Morgan fingerprint density at radius 2 is 1.71 bits per heavy atom. The quantitative estimate of drug-likeness (QED) is 0.870. The predicted octanol–water partition coefficient (Wildman–Crippen LogP) is 1.93. The number of nitrogens with one attached hydrogen (secondary N) is 1. The molecular weight excluding hydrogens is 326 g/mol. The maximum Gasteiger partial charge on any atom is 0.241 e. The van der Waals surface area contributed by atoms with Crippen LogP contribution < -0.4 is 11.1 Å². The summed E-state index contributed by atoms with van der Waals surface area (Å²) in [6.45, 7) is 3.48. The number of benzene rings is 1. The highest BCUT2D eigenvalue weighted by Gasteiger charge is 2.35. The van der Waals surface area contributed by atoms with E-state index in [-0.39, 0.29) is 30.3 Å². The van der Waals surface area contributed by atoms with E-state index in [0.717, 1.165) is 49.9 Å². The molecule has 1 aromatic rings. The molecule has 0 radical (unpaired) electrons. The standard InChI is InChI=1S/C18H25N3O2.ClH/c1-12-2-4-13(5-3-12)16(19)17(22)20-15-8-10-21(11-9-15)18(23)14-6-7-14;/h2-5,14-16H,6-11,19H2,1H3,(H,20,22);1H. The molecule has 1 aliphatic heterocycles. The molecule has 0 spiro atoms. The second-order valence-corrected chi connectivity index (χ2v) is 6.77. The van der Waals surface area contributed by atoms with Crippen molar-refractivity contribution in [2.24, 2.45) is 11.7 Å². The summed E-state index contributed by atoms with van der Waals surface area (Å²) in [5.74, 6) is 0.433. The van der Waals surface area contributed by atoms with Gasteiger partial charge >= 0.3 is 0 Å². The van der Waals surface area contributed by atoms with Gasteiger partial charge < -0.3 is 16.0 Å². The Hall–Kier alpha value is -1.59. The Labute approximate surface area is 149 Å². The summed E-state index contributed by atoms with van der Waals surface area (Å²) >= 11 is 0. The van der Waals surface area contributed by atoms with Crippen LogP contribution in [0.1, 0.15) is 42.9 Å². The van der Waals surface area contributed by atoms with Gasteiger partial charge in [-0.15, -0.1) is 12.4 Å². The number of hydrogen-bond donors (Lipinski definition) is 2. The number of amides is 2. The normalized spacial score (nSPS) is 19.3. The van der Waals surface area contributed by atoms with Crippen molar-refractivity contribution >= 4 is 24.2 Å². The van der Waals surface area contributed by atoms with Crippen LogP contribution in [-0.4, -0.2) is 35.8 Å². The zero-order valence-corrected chi connectivity index (χ0v) is 14.8. The van der Waals surface area contributed by atoms with Crippen molar-refractivity contribution in [3.8, 4) is 0 Å². The van der Waals surface area contributed by atoms with Gasteiger partial charge in [0.25, 0.3) is 0 Å². The Morgan fingerprint density at radius 3 is 2.25 bits per heavy atom. The molecule has 2 aliphatic rings. The second-order valence-electron chi connectivity index (χ2n) is 6.77. The van der Waals surface area contributed by atoms with E-state index in [1.165, 1.54) is 0 Å². The van der Waals surface area contributed by atoms with E-state index >= 15 is 0 Å². The summed E-state index contributed by atoms with van der Waals surface area (Å²) in [5, 5.41) is 3.03. The fourth-order valence-corrected chi connectivity index (χ4v) is 3.05. The molecule has 1 unspecified atom stereocenters. The lowest BCUT2D eigenvalue weighted by atomic mass is 10.0. The van der Waals surface area contributed by atoms with E-state index in [1.54, 1.807) is 0 Å². The van der Waals surface area contributed by atoms with Crippen LogP contribution in [0, 0.1) is 12.8 Å². The monoisotopic (exact) mass is 351 g/mol. The average molecular weight is 352 g/mol. The van der Waals surface area contributed by atoms with Gasteiger partial charge in [0.2, 0.25) is 11.8 Å². The van der Waals surface area contributed by atoms with Crippen molar-refractivity contribution < 1.29 is 9.59 Å². The number of nitrogens with two attached hydrogens (primary N) is 1. The number of carbonyl (C=O) groups is 2. The highest BCUT2D eigenvalue weighted by molar-refractivity contribution is 5.85. The van der Waals surface area contributed by atoms with Crippen LogP contribution >= 0.6 is 12.4 Å². The summed E-state index contributed by atoms with van der Waals surface area (Å²) < 4.78 is 0. The molecule has 132 valence electrons. The topological polar surface area (TPSA) is 75.4 Å². The van der Waals surface area contributed by atoms with Crippen LogP contribution in [0.3, 0.4) is 0 Å². The van der Waals surface area contributed by atoms with E-state index in [4.69, 9.17) is 5.73 Å². The van der Waals surface area contributed by atoms with Gasteiger partial charge in [0.05, 0.1) is 0 Å². The Bertz CT molecular complexity index is 578. The van der Waals surface area contributed by atoms with Crippen LogP contribution in [0.4, 0.5) is 0 Å². The molecule has 1 saturated heterocycles. The van der Waals surface area contributed by atoms with E-state index in [0.29, 0.717) is 5.91 Å². The lowest BCUT2D eigenvalue weighted by Gasteiger charge is -2.33. The van der Waals surface area contributed by atoms with Gasteiger partial charge in [-0.25, -0.2) is 0 Å². The fourth-order valence-electron chi connectivity index (χ4n) is 3.05. The minimum absolute atomic E-state index is 0. The van der Waals surface area contributed by atoms with Crippen LogP contribution in [0.15, 0.2) is 24.3 Å². The molecule has 2 fully saturated rings. The summed E-state index contributed by atoms with van der Waals surface area (Å²) in [6, 6.07) is 7.20. The molecule has 1 saturated carbocycles. The number of carbonyl (C=O) groups excluding carboxylic acids is 2. The van der Waals surface area contributed by atoms with Crippen molar-refractivity contribution in [3.63, 3.8) is 0 Å². The average Bonchev–Trinajstić information content (AvgIpc) is 3.40. The first-order valence-corrected chi connectivity index (χ1v) is 8.46. The van der Waals surface area contributed by atoms with Crippen molar-refractivity contribution in [1.29, 1.82) is 0 Å². The molecule has 1 aliphatic carbocycles. The van der Waals surface area contributed by atoms with Crippen LogP contribution in [0.2, 0.25) is 0 Å². The molecule has 5 nitrogen and oxygen atoms in total. The van der Waals surface area contributed by atoms with Crippen LogP contribution in [-0.2, 0) is 9.59 Å². The summed E-state index contributed by atoms with van der Waals surface area (Å²) in [5.41, 5.74) is 8.03. The molecule has 1 aromatic carbocycles. The SMILES string of the molecule is Cc1ccc(C(N)C(=O)NC2CCN(C(=O)C3CC3)CC2)cc1.Cl. The smallest absolute Gasteiger partial charge is 0.241 e. The Kier molecular flexibility index (Phi) is 6.24. The third kappa shape index (κ3) is 4.48. The van der Waals surface area contributed by atoms with Gasteiger partial charge in [-0.1, -0.05) is 29.8 Å². The summed E-state index contributed by atoms with van der Waals surface area (Å²) in [4.78, 5) is 26.3. The zero-order valence-electron chi connectivity index (χ0n) is 14.0. The lowest BCUT2D eigenvalue weighted by molar-refractivity contribution is -0.133. The largest absolute Gasteiger partial charge is 0.352 e. The van der Waals surface area contributed by atoms with Crippen molar-refractivity contribution in [1.82, 2.24) is 10.2 Å². The molecule has 0 aromatic heterocycles. The first-order valence-electron chi connectivity index (χ1n) is 8.46. The minimum Gasteiger partial charge on any atom is -0.352 e. The number of piperidine rings is 1. The van der Waals surface area contributed by atoms with E-state index in [1.807, 2.05) is 36.1 Å². The third-order valence-electron chi connectivity index (χ3n) is 4.80. The summed E-state index contributed by atoms with van der Waals surface area (Å²) in [7, 11) is 0. The zero-order chi connectivity index (χ0) is 16.4. The first-order chi connectivity index (χ1) is 11.0. The highest BCUT2D eigenvalue weighted by atomic mass is 35.5. The molecular formula is C18H26ClN3O2.